The fourth-order valence-corrected chi connectivity index (χ4v) is 3.11. The van der Waals surface area contributed by atoms with Crippen molar-refractivity contribution in [2.45, 2.75) is 17.7 Å². The van der Waals surface area contributed by atoms with Crippen molar-refractivity contribution in [3.63, 3.8) is 0 Å². The van der Waals surface area contributed by atoms with E-state index >= 15 is 0 Å². The van der Waals surface area contributed by atoms with Gasteiger partial charge in [0.2, 0.25) is 5.91 Å². The van der Waals surface area contributed by atoms with Crippen LogP contribution in [-0.2, 0) is 4.79 Å². The van der Waals surface area contributed by atoms with Crippen molar-refractivity contribution >= 4 is 29.4 Å². The summed E-state index contributed by atoms with van der Waals surface area (Å²) < 4.78 is 25.7. The highest BCUT2D eigenvalue weighted by Gasteiger charge is 2.05. The van der Waals surface area contributed by atoms with E-state index in [1.165, 1.54) is 17.8 Å². The highest BCUT2D eigenvalue weighted by atomic mass is 32.2. The molecule has 0 aromatic heterocycles. The number of amides is 1. The van der Waals surface area contributed by atoms with Gasteiger partial charge in [-0.3, -0.25) is 4.79 Å². The van der Waals surface area contributed by atoms with Gasteiger partial charge >= 0.3 is 0 Å². The van der Waals surface area contributed by atoms with Gasteiger partial charge in [-0.05, 0) is 30.4 Å². The standard InChI is InChI=1S/C14H19F2NO2S2/c15-12-3-2-11(10-13(12)16)21-8-4-14(19)17-5-9-20-7-1-6-18/h2-3,10,18H,1,4-9H2,(H,17,19). The van der Waals surface area contributed by atoms with Crippen LogP contribution < -0.4 is 5.32 Å². The Labute approximate surface area is 131 Å². The average molecular weight is 335 g/mol. The molecule has 0 bridgehead atoms. The van der Waals surface area contributed by atoms with Crippen molar-refractivity contribution in [2.75, 3.05) is 30.4 Å². The molecule has 1 rings (SSSR count). The number of rotatable bonds is 10. The van der Waals surface area contributed by atoms with E-state index in [-0.39, 0.29) is 12.5 Å². The third kappa shape index (κ3) is 8.28. The molecule has 1 aromatic carbocycles. The Balaban J connectivity index is 2.09. The molecule has 0 aliphatic carbocycles. The number of hydrogen-bond donors (Lipinski definition) is 2. The molecule has 7 heteroatoms. The van der Waals surface area contributed by atoms with Crippen LogP contribution in [0.1, 0.15) is 12.8 Å². The SMILES string of the molecule is O=C(CCSc1ccc(F)c(F)c1)NCCSCCCO. The number of halogens is 2. The minimum Gasteiger partial charge on any atom is -0.396 e. The zero-order valence-electron chi connectivity index (χ0n) is 11.6. The summed E-state index contributed by atoms with van der Waals surface area (Å²) in [4.78, 5) is 12.1. The van der Waals surface area contributed by atoms with Gasteiger partial charge < -0.3 is 10.4 Å². The smallest absolute Gasteiger partial charge is 0.220 e. The molecule has 118 valence electrons. The number of benzene rings is 1. The average Bonchev–Trinajstić information content (AvgIpc) is 2.46. The maximum absolute atomic E-state index is 13.0. The first-order chi connectivity index (χ1) is 10.1. The normalized spacial score (nSPS) is 10.6. The third-order valence-electron chi connectivity index (χ3n) is 2.50. The fourth-order valence-electron chi connectivity index (χ4n) is 1.45. The Kier molecular flexibility index (Phi) is 9.45. The number of thioether (sulfide) groups is 2. The number of nitrogens with one attached hydrogen (secondary N) is 1. The minimum atomic E-state index is -0.871. The van der Waals surface area contributed by atoms with Crippen molar-refractivity contribution in [1.82, 2.24) is 5.32 Å². The van der Waals surface area contributed by atoms with E-state index in [1.54, 1.807) is 11.8 Å². The quantitative estimate of drug-likeness (QED) is 0.510. The molecule has 2 N–H and O–H groups in total. The summed E-state index contributed by atoms with van der Waals surface area (Å²) in [6.45, 7) is 0.797. The second-order valence-corrected chi connectivity index (χ2v) is 6.61. The summed E-state index contributed by atoms with van der Waals surface area (Å²) in [5, 5.41) is 11.4. The Bertz CT molecular complexity index is 447. The molecule has 0 fully saturated rings. The second kappa shape index (κ2) is 10.9. The van der Waals surface area contributed by atoms with Gasteiger partial charge in [0, 0.05) is 36.0 Å². The first-order valence-electron chi connectivity index (χ1n) is 6.66. The van der Waals surface area contributed by atoms with Crippen molar-refractivity contribution in [2.24, 2.45) is 0 Å². The molecule has 0 aliphatic rings. The van der Waals surface area contributed by atoms with Crippen LogP contribution in [-0.4, -0.2) is 41.4 Å². The topological polar surface area (TPSA) is 49.3 Å². The van der Waals surface area contributed by atoms with Gasteiger partial charge in [0.15, 0.2) is 11.6 Å². The number of hydrogen-bond acceptors (Lipinski definition) is 4. The van der Waals surface area contributed by atoms with Gasteiger partial charge in [-0.2, -0.15) is 11.8 Å². The minimum absolute atomic E-state index is 0.0483. The van der Waals surface area contributed by atoms with Gasteiger partial charge in [0.05, 0.1) is 0 Å². The van der Waals surface area contributed by atoms with Gasteiger partial charge in [0.1, 0.15) is 0 Å². The predicted molar refractivity (Wildman–Crippen MR) is 83.7 cm³/mol. The molecule has 0 saturated heterocycles. The lowest BCUT2D eigenvalue weighted by atomic mass is 10.3. The van der Waals surface area contributed by atoms with Crippen LogP contribution in [0.25, 0.3) is 0 Å². The molecule has 1 aromatic rings. The Morgan fingerprint density at radius 2 is 2.00 bits per heavy atom. The fraction of sp³-hybridized carbons (Fsp3) is 0.500. The molecule has 1 amide bonds. The molecular weight excluding hydrogens is 316 g/mol. The largest absolute Gasteiger partial charge is 0.396 e. The summed E-state index contributed by atoms with van der Waals surface area (Å²) in [6.07, 6.45) is 1.11. The van der Waals surface area contributed by atoms with Crippen LogP contribution in [0.4, 0.5) is 8.78 Å². The number of aliphatic hydroxyl groups is 1. The summed E-state index contributed by atoms with van der Waals surface area (Å²) in [5.74, 6) is 0.447. The highest BCUT2D eigenvalue weighted by molar-refractivity contribution is 7.99. The highest BCUT2D eigenvalue weighted by Crippen LogP contribution is 2.20. The molecular formula is C14H19F2NO2S2. The summed E-state index contributed by atoms with van der Waals surface area (Å²) in [5.41, 5.74) is 0. The van der Waals surface area contributed by atoms with Crippen molar-refractivity contribution < 1.29 is 18.7 Å². The molecule has 0 saturated carbocycles. The third-order valence-corrected chi connectivity index (χ3v) is 4.57. The number of aliphatic hydroxyl groups excluding tert-OH is 1. The Morgan fingerprint density at radius 3 is 2.71 bits per heavy atom. The zero-order valence-corrected chi connectivity index (χ0v) is 13.2. The first kappa shape index (κ1) is 18.3. The van der Waals surface area contributed by atoms with Crippen LogP contribution in [0.5, 0.6) is 0 Å². The predicted octanol–water partition coefficient (Wildman–Crippen LogP) is 2.68. The van der Waals surface area contributed by atoms with E-state index in [2.05, 4.69) is 5.32 Å². The van der Waals surface area contributed by atoms with E-state index in [1.807, 2.05) is 0 Å². The molecule has 0 spiro atoms. The molecule has 0 radical (unpaired) electrons. The van der Waals surface area contributed by atoms with Crippen molar-refractivity contribution in [3.05, 3.63) is 29.8 Å². The van der Waals surface area contributed by atoms with E-state index in [4.69, 9.17) is 5.11 Å². The van der Waals surface area contributed by atoms with Gasteiger partial charge in [-0.1, -0.05) is 0 Å². The van der Waals surface area contributed by atoms with Gasteiger partial charge in [0.25, 0.3) is 0 Å². The van der Waals surface area contributed by atoms with Crippen LogP contribution in [0, 0.1) is 11.6 Å². The van der Waals surface area contributed by atoms with Crippen molar-refractivity contribution in [1.29, 1.82) is 0 Å². The second-order valence-electron chi connectivity index (χ2n) is 4.21. The molecule has 3 nitrogen and oxygen atoms in total. The van der Waals surface area contributed by atoms with Gasteiger partial charge in [-0.25, -0.2) is 8.78 Å². The van der Waals surface area contributed by atoms with E-state index in [9.17, 15) is 13.6 Å². The molecule has 0 aliphatic heterocycles. The van der Waals surface area contributed by atoms with Crippen LogP contribution in [0.3, 0.4) is 0 Å². The summed E-state index contributed by atoms with van der Waals surface area (Å²) >= 11 is 3.01. The van der Waals surface area contributed by atoms with Crippen LogP contribution >= 0.6 is 23.5 Å². The lowest BCUT2D eigenvalue weighted by molar-refractivity contribution is -0.120. The Morgan fingerprint density at radius 1 is 1.19 bits per heavy atom. The lowest BCUT2D eigenvalue weighted by Crippen LogP contribution is -2.26. The zero-order chi connectivity index (χ0) is 15.5. The monoisotopic (exact) mass is 335 g/mol. The molecule has 0 unspecified atom stereocenters. The summed E-state index contributed by atoms with van der Waals surface area (Å²) in [7, 11) is 0. The number of carbonyl (C=O) groups excluding carboxylic acids is 1. The lowest BCUT2D eigenvalue weighted by Gasteiger charge is -2.05. The maximum Gasteiger partial charge on any atom is 0.220 e. The van der Waals surface area contributed by atoms with Crippen molar-refractivity contribution in [3.8, 4) is 0 Å². The molecule has 21 heavy (non-hydrogen) atoms. The van der Waals surface area contributed by atoms with E-state index in [0.717, 1.165) is 30.1 Å². The first-order valence-corrected chi connectivity index (χ1v) is 8.80. The molecule has 0 heterocycles. The van der Waals surface area contributed by atoms with Crippen LogP contribution in [0.2, 0.25) is 0 Å². The van der Waals surface area contributed by atoms with E-state index < -0.39 is 11.6 Å². The summed E-state index contributed by atoms with van der Waals surface area (Å²) in [6, 6.07) is 3.72. The molecule has 0 atom stereocenters. The van der Waals surface area contributed by atoms with Crippen LogP contribution in [0.15, 0.2) is 23.1 Å². The Hall–Kier alpha value is -0.790. The number of carbonyl (C=O) groups is 1. The van der Waals surface area contributed by atoms with E-state index in [0.29, 0.717) is 23.6 Å². The van der Waals surface area contributed by atoms with Gasteiger partial charge in [-0.15, -0.1) is 11.8 Å². The maximum atomic E-state index is 13.0.